The van der Waals surface area contributed by atoms with Crippen molar-refractivity contribution in [3.63, 3.8) is 0 Å². The lowest BCUT2D eigenvalue weighted by Crippen LogP contribution is -2.24. The van der Waals surface area contributed by atoms with Gasteiger partial charge in [-0.05, 0) is 13.0 Å². The van der Waals surface area contributed by atoms with Crippen LogP contribution >= 0.6 is 11.6 Å². The molecule has 0 radical (unpaired) electrons. The van der Waals surface area contributed by atoms with Crippen LogP contribution in [0, 0.1) is 6.92 Å². The van der Waals surface area contributed by atoms with Crippen molar-refractivity contribution >= 4 is 17.5 Å². The summed E-state index contributed by atoms with van der Waals surface area (Å²) in [6.45, 7) is 2.20. The number of carbonyl (C=O) groups is 1. The number of hydrogen-bond donors (Lipinski definition) is 1. The quantitative estimate of drug-likeness (QED) is 0.904. The Morgan fingerprint density at radius 1 is 1.44 bits per heavy atom. The molecule has 0 aromatic carbocycles. The summed E-state index contributed by atoms with van der Waals surface area (Å²) >= 11 is 6.04. The molecule has 2 aromatic rings. The number of rotatable bonds is 3. The number of carbonyl (C=O) groups excluding carboxylic acids is 1. The molecular formula is C11H14ClN5O. The molecule has 2 rings (SSSR count). The maximum Gasteiger partial charge on any atom is 0.273 e. The molecule has 0 saturated carbocycles. The van der Waals surface area contributed by atoms with Gasteiger partial charge in [0, 0.05) is 20.3 Å². The first-order valence-corrected chi connectivity index (χ1v) is 5.82. The molecule has 1 amide bonds. The number of nitrogens with one attached hydrogen (secondary N) is 1. The normalized spacial score (nSPS) is 10.7. The Bertz CT molecular complexity index is 586. The van der Waals surface area contributed by atoms with Crippen LogP contribution in [-0.2, 0) is 20.6 Å². The zero-order valence-corrected chi connectivity index (χ0v) is 11.2. The third-order valence-electron chi connectivity index (χ3n) is 2.83. The lowest BCUT2D eigenvalue weighted by molar-refractivity contribution is 0.0944. The Balaban J connectivity index is 2.09. The van der Waals surface area contributed by atoms with Gasteiger partial charge in [-0.15, -0.1) is 0 Å². The Kier molecular flexibility index (Phi) is 3.38. The third kappa shape index (κ3) is 2.24. The molecule has 1 N–H and O–H groups in total. The van der Waals surface area contributed by atoms with Gasteiger partial charge < -0.3 is 5.32 Å². The van der Waals surface area contributed by atoms with E-state index in [9.17, 15) is 4.79 Å². The average Bonchev–Trinajstić information content (AvgIpc) is 2.86. The molecule has 2 aromatic heterocycles. The van der Waals surface area contributed by atoms with Crippen molar-refractivity contribution in [3.05, 3.63) is 34.4 Å². The summed E-state index contributed by atoms with van der Waals surface area (Å²) in [5, 5.41) is 11.3. The molecular weight excluding hydrogens is 254 g/mol. The fourth-order valence-corrected chi connectivity index (χ4v) is 1.80. The van der Waals surface area contributed by atoms with Crippen LogP contribution in [0.15, 0.2) is 12.3 Å². The second kappa shape index (κ2) is 4.81. The van der Waals surface area contributed by atoms with Crippen LogP contribution in [0.25, 0.3) is 0 Å². The van der Waals surface area contributed by atoms with Gasteiger partial charge in [-0.25, -0.2) is 0 Å². The van der Waals surface area contributed by atoms with Crippen LogP contribution < -0.4 is 5.32 Å². The van der Waals surface area contributed by atoms with Crippen molar-refractivity contribution in [2.75, 3.05) is 0 Å². The maximum absolute atomic E-state index is 11.9. The van der Waals surface area contributed by atoms with Gasteiger partial charge in [-0.3, -0.25) is 14.2 Å². The minimum Gasteiger partial charge on any atom is -0.345 e. The van der Waals surface area contributed by atoms with Crippen molar-refractivity contribution in [2.45, 2.75) is 13.5 Å². The van der Waals surface area contributed by atoms with Crippen LogP contribution in [0.3, 0.4) is 0 Å². The Morgan fingerprint density at radius 2 is 2.17 bits per heavy atom. The zero-order valence-electron chi connectivity index (χ0n) is 10.4. The predicted octanol–water partition coefficient (Wildman–Crippen LogP) is 1.05. The topological polar surface area (TPSA) is 64.7 Å². The number of amides is 1. The molecule has 96 valence electrons. The first-order chi connectivity index (χ1) is 8.50. The highest BCUT2D eigenvalue weighted by Crippen LogP contribution is 2.18. The molecule has 0 saturated heterocycles. The molecule has 0 aliphatic carbocycles. The smallest absolute Gasteiger partial charge is 0.273 e. The zero-order chi connectivity index (χ0) is 13.3. The van der Waals surface area contributed by atoms with Crippen LogP contribution in [0.5, 0.6) is 0 Å². The number of halogens is 1. The minimum absolute atomic E-state index is 0.249. The van der Waals surface area contributed by atoms with E-state index in [-0.39, 0.29) is 11.6 Å². The minimum atomic E-state index is -0.287. The second-order valence-corrected chi connectivity index (χ2v) is 4.38. The SMILES string of the molecule is Cc1c(Cl)c(C(=O)NCc2ccnn2C)nn1C. The molecule has 0 unspecified atom stereocenters. The van der Waals surface area contributed by atoms with Gasteiger partial charge >= 0.3 is 0 Å². The van der Waals surface area contributed by atoms with E-state index in [1.165, 1.54) is 0 Å². The molecule has 7 heteroatoms. The summed E-state index contributed by atoms with van der Waals surface area (Å²) in [5.74, 6) is -0.287. The molecule has 0 aliphatic heterocycles. The third-order valence-corrected chi connectivity index (χ3v) is 3.28. The molecule has 18 heavy (non-hydrogen) atoms. The van der Waals surface area contributed by atoms with Gasteiger partial charge in [0.25, 0.3) is 5.91 Å². The summed E-state index contributed by atoms with van der Waals surface area (Å²) < 4.78 is 3.28. The van der Waals surface area contributed by atoms with Crippen LogP contribution in [0.2, 0.25) is 5.02 Å². The number of hydrogen-bond acceptors (Lipinski definition) is 3. The summed E-state index contributed by atoms with van der Waals surface area (Å²) in [6.07, 6.45) is 1.68. The van der Waals surface area contributed by atoms with Gasteiger partial charge in [-0.2, -0.15) is 10.2 Å². The lowest BCUT2D eigenvalue weighted by Gasteiger charge is -2.03. The van der Waals surface area contributed by atoms with Crippen molar-refractivity contribution in [2.24, 2.45) is 14.1 Å². The molecule has 0 aliphatic rings. The lowest BCUT2D eigenvalue weighted by atomic mass is 10.3. The second-order valence-electron chi connectivity index (χ2n) is 4.00. The maximum atomic E-state index is 11.9. The fourth-order valence-electron chi connectivity index (χ4n) is 1.56. The van der Waals surface area contributed by atoms with Crippen molar-refractivity contribution in [1.29, 1.82) is 0 Å². The molecule has 6 nitrogen and oxygen atoms in total. The summed E-state index contributed by atoms with van der Waals surface area (Å²) in [5.41, 5.74) is 1.92. The number of nitrogens with zero attached hydrogens (tertiary/aromatic N) is 4. The largest absolute Gasteiger partial charge is 0.345 e. The molecule has 0 atom stereocenters. The van der Waals surface area contributed by atoms with Gasteiger partial charge in [0.1, 0.15) is 0 Å². The van der Waals surface area contributed by atoms with Gasteiger partial charge in [0.05, 0.1) is 23.0 Å². The monoisotopic (exact) mass is 267 g/mol. The highest BCUT2D eigenvalue weighted by atomic mass is 35.5. The van der Waals surface area contributed by atoms with Gasteiger partial charge in [0.2, 0.25) is 0 Å². The first-order valence-electron chi connectivity index (χ1n) is 5.45. The molecule has 0 fully saturated rings. The number of aryl methyl sites for hydroxylation is 2. The number of aromatic nitrogens is 4. The van der Waals surface area contributed by atoms with Crippen molar-refractivity contribution in [3.8, 4) is 0 Å². The van der Waals surface area contributed by atoms with E-state index in [2.05, 4.69) is 15.5 Å². The van der Waals surface area contributed by atoms with Crippen LogP contribution in [0.1, 0.15) is 21.9 Å². The Hall–Kier alpha value is -1.82. The standard InChI is InChI=1S/C11H14ClN5O/c1-7-9(12)10(15-16(7)2)11(18)13-6-8-4-5-14-17(8)3/h4-5H,6H2,1-3H3,(H,13,18). The van der Waals surface area contributed by atoms with E-state index in [1.54, 1.807) is 22.6 Å². The first kappa shape index (κ1) is 12.6. The van der Waals surface area contributed by atoms with Crippen LogP contribution in [-0.4, -0.2) is 25.5 Å². The summed E-state index contributed by atoms with van der Waals surface area (Å²) in [7, 11) is 3.57. The van der Waals surface area contributed by atoms with Gasteiger partial charge in [0.15, 0.2) is 5.69 Å². The highest BCUT2D eigenvalue weighted by molar-refractivity contribution is 6.34. The molecule has 0 spiro atoms. The van der Waals surface area contributed by atoms with E-state index in [0.29, 0.717) is 11.6 Å². The van der Waals surface area contributed by atoms with E-state index in [4.69, 9.17) is 11.6 Å². The van der Waals surface area contributed by atoms with E-state index in [1.807, 2.05) is 20.0 Å². The summed E-state index contributed by atoms with van der Waals surface area (Å²) in [6, 6.07) is 1.84. The van der Waals surface area contributed by atoms with Crippen LogP contribution in [0.4, 0.5) is 0 Å². The molecule has 2 heterocycles. The fraction of sp³-hybridized carbons (Fsp3) is 0.364. The summed E-state index contributed by atoms with van der Waals surface area (Å²) in [4.78, 5) is 11.9. The predicted molar refractivity (Wildman–Crippen MR) is 67.3 cm³/mol. The van der Waals surface area contributed by atoms with Crippen molar-refractivity contribution < 1.29 is 4.79 Å². The van der Waals surface area contributed by atoms with Gasteiger partial charge in [-0.1, -0.05) is 11.6 Å². The van der Waals surface area contributed by atoms with E-state index >= 15 is 0 Å². The highest BCUT2D eigenvalue weighted by Gasteiger charge is 2.17. The average molecular weight is 268 g/mol. The van der Waals surface area contributed by atoms with E-state index in [0.717, 1.165) is 11.4 Å². The molecule has 0 bridgehead atoms. The Morgan fingerprint density at radius 3 is 2.67 bits per heavy atom. The van der Waals surface area contributed by atoms with E-state index < -0.39 is 0 Å². The van der Waals surface area contributed by atoms with Crippen molar-refractivity contribution in [1.82, 2.24) is 24.9 Å². The Labute approximate surface area is 110 Å².